The van der Waals surface area contributed by atoms with E-state index in [1.807, 2.05) is 17.9 Å². The van der Waals surface area contributed by atoms with E-state index in [-0.39, 0.29) is 0 Å². The monoisotopic (exact) mass is 285 g/mol. The number of nitrogens with zero attached hydrogens (tertiary/aromatic N) is 2. The van der Waals surface area contributed by atoms with Gasteiger partial charge in [-0.2, -0.15) is 5.10 Å². The van der Waals surface area contributed by atoms with Crippen molar-refractivity contribution in [2.45, 2.75) is 13.1 Å². The SMILES string of the molecule is CNCc1cnn(Cc2ccc(Br)s2)c1. The van der Waals surface area contributed by atoms with Crippen molar-refractivity contribution in [1.29, 1.82) is 0 Å². The van der Waals surface area contributed by atoms with Gasteiger partial charge in [0.25, 0.3) is 0 Å². The lowest BCUT2D eigenvalue weighted by molar-refractivity contribution is 0.693. The molecule has 0 saturated carbocycles. The molecule has 0 spiro atoms. The van der Waals surface area contributed by atoms with Gasteiger partial charge in [-0.3, -0.25) is 4.68 Å². The second kappa shape index (κ2) is 4.92. The van der Waals surface area contributed by atoms with E-state index in [0.717, 1.165) is 13.1 Å². The molecule has 0 fully saturated rings. The zero-order valence-corrected chi connectivity index (χ0v) is 10.8. The second-order valence-corrected chi connectivity index (χ2v) is 5.83. The summed E-state index contributed by atoms with van der Waals surface area (Å²) in [6.45, 7) is 1.72. The summed E-state index contributed by atoms with van der Waals surface area (Å²) in [5.74, 6) is 0. The third-order valence-corrected chi connectivity index (χ3v) is 3.62. The predicted octanol–water partition coefficient (Wildman–Crippen LogP) is 2.47. The lowest BCUT2D eigenvalue weighted by Crippen LogP contribution is -2.04. The molecule has 5 heteroatoms. The molecule has 0 aliphatic rings. The lowest BCUT2D eigenvalue weighted by Gasteiger charge is -1.97. The summed E-state index contributed by atoms with van der Waals surface area (Å²) in [7, 11) is 1.94. The number of thiophene rings is 1. The zero-order valence-electron chi connectivity index (χ0n) is 8.40. The number of hydrogen-bond acceptors (Lipinski definition) is 3. The standard InChI is InChI=1S/C10H12BrN3S/c1-12-4-8-5-13-14(6-8)7-9-2-3-10(11)15-9/h2-3,5-6,12H,4,7H2,1H3. The Labute approximate surface area is 101 Å². The molecule has 0 atom stereocenters. The van der Waals surface area contributed by atoms with Crippen molar-refractivity contribution >= 4 is 27.3 Å². The van der Waals surface area contributed by atoms with Gasteiger partial charge >= 0.3 is 0 Å². The van der Waals surface area contributed by atoms with Crippen molar-refractivity contribution < 1.29 is 0 Å². The van der Waals surface area contributed by atoms with Crippen LogP contribution in [0.25, 0.3) is 0 Å². The number of halogens is 1. The normalized spacial score (nSPS) is 10.8. The van der Waals surface area contributed by atoms with E-state index in [9.17, 15) is 0 Å². The molecular formula is C10H12BrN3S. The third-order valence-electron chi connectivity index (χ3n) is 2.01. The first-order valence-electron chi connectivity index (χ1n) is 4.68. The van der Waals surface area contributed by atoms with Crippen LogP contribution < -0.4 is 5.32 Å². The van der Waals surface area contributed by atoms with Crippen LogP contribution in [0.1, 0.15) is 10.4 Å². The van der Waals surface area contributed by atoms with Crippen LogP contribution in [-0.2, 0) is 13.1 Å². The van der Waals surface area contributed by atoms with Gasteiger partial charge in [0, 0.05) is 23.2 Å². The summed E-state index contributed by atoms with van der Waals surface area (Å²) in [5.41, 5.74) is 1.22. The Balaban J connectivity index is 2.04. The Kier molecular flexibility index (Phi) is 3.56. The molecular weight excluding hydrogens is 274 g/mol. The molecule has 3 nitrogen and oxygen atoms in total. The summed E-state index contributed by atoms with van der Waals surface area (Å²) in [6, 6.07) is 4.19. The van der Waals surface area contributed by atoms with Crippen LogP contribution >= 0.6 is 27.3 Å². The zero-order chi connectivity index (χ0) is 10.7. The van der Waals surface area contributed by atoms with Crippen LogP contribution in [0, 0.1) is 0 Å². The Bertz CT molecular complexity index is 435. The van der Waals surface area contributed by atoms with Crippen LogP contribution in [0.3, 0.4) is 0 Å². The van der Waals surface area contributed by atoms with Crippen LogP contribution in [0.2, 0.25) is 0 Å². The average molecular weight is 286 g/mol. The minimum Gasteiger partial charge on any atom is -0.316 e. The van der Waals surface area contributed by atoms with Crippen molar-refractivity contribution in [3.8, 4) is 0 Å². The molecule has 0 radical (unpaired) electrons. The van der Waals surface area contributed by atoms with E-state index in [2.05, 4.69) is 44.7 Å². The van der Waals surface area contributed by atoms with Gasteiger partial charge in [0.05, 0.1) is 16.5 Å². The van der Waals surface area contributed by atoms with Crippen molar-refractivity contribution in [2.24, 2.45) is 0 Å². The molecule has 0 aliphatic carbocycles. The molecule has 0 bridgehead atoms. The van der Waals surface area contributed by atoms with Gasteiger partial charge in [0.1, 0.15) is 0 Å². The van der Waals surface area contributed by atoms with Crippen molar-refractivity contribution in [2.75, 3.05) is 7.05 Å². The van der Waals surface area contributed by atoms with Crippen LogP contribution in [0.5, 0.6) is 0 Å². The molecule has 0 amide bonds. The maximum Gasteiger partial charge on any atom is 0.0752 e. The van der Waals surface area contributed by atoms with Gasteiger partial charge in [0.2, 0.25) is 0 Å². The first-order chi connectivity index (χ1) is 7.28. The predicted molar refractivity (Wildman–Crippen MR) is 66.1 cm³/mol. The smallest absolute Gasteiger partial charge is 0.0752 e. The summed E-state index contributed by atoms with van der Waals surface area (Å²) >= 11 is 5.20. The summed E-state index contributed by atoms with van der Waals surface area (Å²) in [5, 5.41) is 7.41. The molecule has 2 rings (SSSR count). The number of nitrogens with one attached hydrogen (secondary N) is 1. The molecule has 15 heavy (non-hydrogen) atoms. The molecule has 2 heterocycles. The minimum atomic E-state index is 0.847. The second-order valence-electron chi connectivity index (χ2n) is 3.28. The Morgan fingerprint density at radius 3 is 3.07 bits per heavy atom. The largest absolute Gasteiger partial charge is 0.316 e. The number of rotatable bonds is 4. The van der Waals surface area contributed by atoms with E-state index < -0.39 is 0 Å². The number of hydrogen-bond donors (Lipinski definition) is 1. The van der Waals surface area contributed by atoms with Crippen molar-refractivity contribution in [3.63, 3.8) is 0 Å². The maximum absolute atomic E-state index is 4.31. The molecule has 0 saturated heterocycles. The van der Waals surface area contributed by atoms with E-state index in [1.165, 1.54) is 14.2 Å². The molecule has 1 N–H and O–H groups in total. The van der Waals surface area contributed by atoms with Gasteiger partial charge in [0.15, 0.2) is 0 Å². The molecule has 0 aliphatic heterocycles. The van der Waals surface area contributed by atoms with E-state index >= 15 is 0 Å². The third kappa shape index (κ3) is 2.90. The molecule has 2 aromatic heterocycles. The quantitative estimate of drug-likeness (QED) is 0.935. The first kappa shape index (κ1) is 10.9. The molecule has 2 aromatic rings. The van der Waals surface area contributed by atoms with Crippen LogP contribution in [-0.4, -0.2) is 16.8 Å². The summed E-state index contributed by atoms with van der Waals surface area (Å²) in [6.07, 6.45) is 3.98. The first-order valence-corrected chi connectivity index (χ1v) is 6.29. The maximum atomic E-state index is 4.31. The highest BCUT2D eigenvalue weighted by Crippen LogP contribution is 2.22. The van der Waals surface area contributed by atoms with E-state index in [0.29, 0.717) is 0 Å². The van der Waals surface area contributed by atoms with E-state index in [4.69, 9.17) is 0 Å². The highest BCUT2D eigenvalue weighted by molar-refractivity contribution is 9.11. The molecule has 0 aromatic carbocycles. The molecule has 80 valence electrons. The van der Waals surface area contributed by atoms with Gasteiger partial charge in [-0.15, -0.1) is 11.3 Å². The van der Waals surface area contributed by atoms with Crippen LogP contribution in [0.4, 0.5) is 0 Å². The fraction of sp³-hybridized carbons (Fsp3) is 0.300. The fourth-order valence-electron chi connectivity index (χ4n) is 1.38. The highest BCUT2D eigenvalue weighted by atomic mass is 79.9. The van der Waals surface area contributed by atoms with Crippen molar-refractivity contribution in [1.82, 2.24) is 15.1 Å². The Morgan fingerprint density at radius 2 is 2.40 bits per heavy atom. The number of aromatic nitrogens is 2. The minimum absolute atomic E-state index is 0.847. The van der Waals surface area contributed by atoms with Gasteiger partial charge in [-0.1, -0.05) is 0 Å². The van der Waals surface area contributed by atoms with Crippen molar-refractivity contribution in [3.05, 3.63) is 38.8 Å². The summed E-state index contributed by atoms with van der Waals surface area (Å²) in [4.78, 5) is 1.31. The Hall–Kier alpha value is -0.650. The lowest BCUT2D eigenvalue weighted by atomic mass is 10.4. The van der Waals surface area contributed by atoms with Gasteiger partial charge in [-0.25, -0.2) is 0 Å². The topological polar surface area (TPSA) is 29.9 Å². The molecule has 0 unspecified atom stereocenters. The van der Waals surface area contributed by atoms with Gasteiger partial charge in [-0.05, 0) is 35.1 Å². The van der Waals surface area contributed by atoms with Gasteiger partial charge < -0.3 is 5.32 Å². The van der Waals surface area contributed by atoms with Crippen LogP contribution in [0.15, 0.2) is 28.3 Å². The highest BCUT2D eigenvalue weighted by Gasteiger charge is 2.01. The average Bonchev–Trinajstić information content (AvgIpc) is 2.78. The summed E-state index contributed by atoms with van der Waals surface area (Å²) < 4.78 is 3.13. The Morgan fingerprint density at radius 1 is 1.53 bits per heavy atom. The fourth-order valence-corrected chi connectivity index (χ4v) is 2.86. The van der Waals surface area contributed by atoms with E-state index in [1.54, 1.807) is 11.3 Å².